The van der Waals surface area contributed by atoms with E-state index in [0.29, 0.717) is 32.0 Å². The standard InChI is InChI=1S/C21H25FN4O3/c1-25-20(28)9-7-18(24-25)21(29)26-12-10-15(11-13-26)4-8-19(27)23-14-16-2-5-17(22)6-3-16/h2-3,5-7,9,15H,4,8,10-14H2,1H3,(H,23,27). The number of nitrogens with one attached hydrogen (secondary N) is 1. The van der Waals surface area contributed by atoms with Gasteiger partial charge in [-0.15, -0.1) is 0 Å². The fraction of sp³-hybridized carbons (Fsp3) is 0.429. The Morgan fingerprint density at radius 1 is 1.14 bits per heavy atom. The van der Waals surface area contributed by atoms with E-state index in [4.69, 9.17) is 0 Å². The van der Waals surface area contributed by atoms with E-state index >= 15 is 0 Å². The van der Waals surface area contributed by atoms with Crippen LogP contribution in [-0.4, -0.2) is 39.6 Å². The normalized spacial score (nSPS) is 14.6. The zero-order valence-corrected chi connectivity index (χ0v) is 16.4. The van der Waals surface area contributed by atoms with Gasteiger partial charge >= 0.3 is 0 Å². The predicted octanol–water partition coefficient (Wildman–Crippen LogP) is 1.87. The third kappa shape index (κ3) is 5.73. The SMILES string of the molecule is Cn1nc(C(=O)N2CCC(CCC(=O)NCc3ccc(F)cc3)CC2)ccc1=O. The Hall–Kier alpha value is -3.03. The molecule has 1 aliphatic heterocycles. The lowest BCUT2D eigenvalue weighted by molar-refractivity contribution is -0.121. The molecule has 2 aromatic rings. The van der Waals surface area contributed by atoms with Gasteiger partial charge in [0.1, 0.15) is 11.5 Å². The van der Waals surface area contributed by atoms with Gasteiger partial charge < -0.3 is 10.2 Å². The van der Waals surface area contributed by atoms with E-state index in [-0.39, 0.29) is 28.9 Å². The average Bonchev–Trinajstić information content (AvgIpc) is 2.73. The second-order valence-electron chi connectivity index (χ2n) is 7.36. The van der Waals surface area contributed by atoms with Crippen LogP contribution in [0.15, 0.2) is 41.2 Å². The predicted molar refractivity (Wildman–Crippen MR) is 106 cm³/mol. The average molecular weight is 400 g/mol. The first-order chi connectivity index (χ1) is 13.9. The second-order valence-corrected chi connectivity index (χ2v) is 7.36. The minimum absolute atomic E-state index is 0.0257. The fourth-order valence-electron chi connectivity index (χ4n) is 3.43. The lowest BCUT2D eigenvalue weighted by atomic mass is 9.92. The molecule has 154 valence electrons. The maximum absolute atomic E-state index is 12.9. The number of hydrogen-bond acceptors (Lipinski definition) is 4. The van der Waals surface area contributed by atoms with Crippen LogP contribution in [0, 0.1) is 11.7 Å². The largest absolute Gasteiger partial charge is 0.352 e. The molecule has 1 aliphatic rings. The van der Waals surface area contributed by atoms with Crippen molar-refractivity contribution >= 4 is 11.8 Å². The van der Waals surface area contributed by atoms with Crippen molar-refractivity contribution in [1.82, 2.24) is 20.0 Å². The lowest BCUT2D eigenvalue weighted by Crippen LogP contribution is -2.39. The van der Waals surface area contributed by atoms with Gasteiger partial charge in [-0.3, -0.25) is 14.4 Å². The molecule has 8 heteroatoms. The number of aryl methyl sites for hydroxylation is 1. The number of carbonyl (C=O) groups excluding carboxylic acids is 2. The molecule has 0 saturated carbocycles. The molecule has 1 fully saturated rings. The minimum Gasteiger partial charge on any atom is -0.352 e. The first kappa shape index (κ1) is 20.7. The highest BCUT2D eigenvalue weighted by Crippen LogP contribution is 2.22. The number of hydrogen-bond donors (Lipinski definition) is 1. The number of likely N-dealkylation sites (tertiary alicyclic amines) is 1. The van der Waals surface area contributed by atoms with Crippen LogP contribution in [0.5, 0.6) is 0 Å². The smallest absolute Gasteiger partial charge is 0.274 e. The van der Waals surface area contributed by atoms with Crippen LogP contribution >= 0.6 is 0 Å². The Bertz CT molecular complexity index is 918. The molecule has 3 rings (SSSR count). The van der Waals surface area contributed by atoms with Crippen molar-refractivity contribution in [3.8, 4) is 0 Å². The second kappa shape index (κ2) is 9.45. The molecule has 0 unspecified atom stereocenters. The zero-order chi connectivity index (χ0) is 20.8. The van der Waals surface area contributed by atoms with E-state index < -0.39 is 0 Å². The molecular weight excluding hydrogens is 375 g/mol. The van der Waals surface area contributed by atoms with Crippen LogP contribution < -0.4 is 10.9 Å². The van der Waals surface area contributed by atoms with E-state index in [2.05, 4.69) is 10.4 Å². The van der Waals surface area contributed by atoms with E-state index in [9.17, 15) is 18.8 Å². The molecule has 2 heterocycles. The molecule has 0 radical (unpaired) electrons. The van der Waals surface area contributed by atoms with Crippen molar-refractivity contribution in [1.29, 1.82) is 0 Å². The van der Waals surface area contributed by atoms with Crippen molar-refractivity contribution in [3.05, 3.63) is 63.8 Å². The van der Waals surface area contributed by atoms with Gasteiger partial charge in [-0.1, -0.05) is 12.1 Å². The van der Waals surface area contributed by atoms with E-state index in [1.807, 2.05) is 0 Å². The summed E-state index contributed by atoms with van der Waals surface area (Å²) in [5.41, 5.74) is 0.877. The molecule has 0 bridgehead atoms. The Morgan fingerprint density at radius 3 is 2.48 bits per heavy atom. The van der Waals surface area contributed by atoms with Gasteiger partial charge in [-0.05, 0) is 48.9 Å². The van der Waals surface area contributed by atoms with Crippen LogP contribution in [-0.2, 0) is 18.4 Å². The molecule has 1 N–H and O–H groups in total. The van der Waals surface area contributed by atoms with Crippen molar-refractivity contribution in [2.24, 2.45) is 13.0 Å². The highest BCUT2D eigenvalue weighted by molar-refractivity contribution is 5.92. The van der Waals surface area contributed by atoms with E-state index in [1.54, 1.807) is 17.0 Å². The van der Waals surface area contributed by atoms with E-state index in [0.717, 1.165) is 29.5 Å². The number of carbonyl (C=O) groups is 2. The number of halogens is 1. The molecule has 0 spiro atoms. The summed E-state index contributed by atoms with van der Waals surface area (Å²) >= 11 is 0. The summed E-state index contributed by atoms with van der Waals surface area (Å²) in [7, 11) is 1.52. The van der Waals surface area contributed by atoms with Crippen LogP contribution in [0.1, 0.15) is 41.7 Å². The quantitative estimate of drug-likeness (QED) is 0.802. The molecule has 29 heavy (non-hydrogen) atoms. The van der Waals surface area contributed by atoms with Crippen LogP contribution in [0.25, 0.3) is 0 Å². The van der Waals surface area contributed by atoms with Crippen molar-refractivity contribution in [2.75, 3.05) is 13.1 Å². The fourth-order valence-corrected chi connectivity index (χ4v) is 3.43. The summed E-state index contributed by atoms with van der Waals surface area (Å²) in [6.07, 6.45) is 2.88. The number of piperidine rings is 1. The summed E-state index contributed by atoms with van der Waals surface area (Å²) < 4.78 is 14.0. The molecule has 1 aromatic carbocycles. The Morgan fingerprint density at radius 2 is 1.83 bits per heavy atom. The third-order valence-corrected chi connectivity index (χ3v) is 5.26. The number of aromatic nitrogens is 2. The van der Waals surface area contributed by atoms with Gasteiger partial charge in [0.25, 0.3) is 11.5 Å². The summed E-state index contributed by atoms with van der Waals surface area (Å²) in [4.78, 5) is 37.8. The van der Waals surface area contributed by atoms with Crippen LogP contribution in [0.3, 0.4) is 0 Å². The summed E-state index contributed by atoms with van der Waals surface area (Å²) in [6, 6.07) is 8.87. The number of rotatable bonds is 6. The Labute approximate surface area is 168 Å². The first-order valence-electron chi connectivity index (χ1n) is 9.77. The third-order valence-electron chi connectivity index (χ3n) is 5.26. The molecule has 7 nitrogen and oxygen atoms in total. The van der Waals surface area contributed by atoms with Gasteiger partial charge in [-0.2, -0.15) is 5.10 Å². The summed E-state index contributed by atoms with van der Waals surface area (Å²) in [6.45, 7) is 1.62. The van der Waals surface area contributed by atoms with Crippen molar-refractivity contribution < 1.29 is 14.0 Å². The number of nitrogens with zero attached hydrogens (tertiary/aromatic N) is 3. The number of amides is 2. The maximum atomic E-state index is 12.9. The minimum atomic E-state index is -0.294. The molecule has 1 saturated heterocycles. The Kier molecular flexibility index (Phi) is 6.74. The van der Waals surface area contributed by atoms with Crippen molar-refractivity contribution in [3.63, 3.8) is 0 Å². The molecule has 1 aromatic heterocycles. The van der Waals surface area contributed by atoms with Gasteiger partial charge in [0.15, 0.2) is 0 Å². The van der Waals surface area contributed by atoms with Gasteiger partial charge in [0, 0.05) is 39.2 Å². The Balaban J connectivity index is 1.39. The first-order valence-corrected chi connectivity index (χ1v) is 9.77. The van der Waals surface area contributed by atoms with Gasteiger partial charge in [0.2, 0.25) is 5.91 Å². The molecule has 2 amide bonds. The van der Waals surface area contributed by atoms with Gasteiger partial charge in [0.05, 0.1) is 0 Å². The van der Waals surface area contributed by atoms with Gasteiger partial charge in [-0.25, -0.2) is 9.07 Å². The molecular formula is C21H25FN4O3. The van der Waals surface area contributed by atoms with E-state index in [1.165, 1.54) is 31.3 Å². The molecule has 0 atom stereocenters. The monoisotopic (exact) mass is 400 g/mol. The van der Waals surface area contributed by atoms with Crippen LogP contribution in [0.4, 0.5) is 4.39 Å². The zero-order valence-electron chi connectivity index (χ0n) is 16.4. The van der Waals surface area contributed by atoms with Crippen LogP contribution in [0.2, 0.25) is 0 Å². The molecule has 0 aliphatic carbocycles. The summed E-state index contributed by atoms with van der Waals surface area (Å²) in [5, 5.41) is 6.87. The topological polar surface area (TPSA) is 84.3 Å². The highest BCUT2D eigenvalue weighted by Gasteiger charge is 2.25. The maximum Gasteiger partial charge on any atom is 0.274 e. The highest BCUT2D eigenvalue weighted by atomic mass is 19.1. The van der Waals surface area contributed by atoms with Crippen molar-refractivity contribution in [2.45, 2.75) is 32.2 Å². The summed E-state index contributed by atoms with van der Waals surface area (Å²) in [5.74, 6) is -0.0981. The lowest BCUT2D eigenvalue weighted by Gasteiger charge is -2.31. The number of benzene rings is 1.